The highest BCUT2D eigenvalue weighted by atomic mass is 19.1. The average Bonchev–Trinajstić information content (AvgIpc) is 2.67. The molecule has 7 heteroatoms. The molecular weight excluding hydrogens is 347 g/mol. The van der Waals surface area contributed by atoms with Gasteiger partial charge in [-0.15, -0.1) is 0 Å². The van der Waals surface area contributed by atoms with E-state index in [4.69, 9.17) is 14.5 Å². The molecule has 0 radical (unpaired) electrons. The summed E-state index contributed by atoms with van der Waals surface area (Å²) < 4.78 is 24.0. The molecule has 0 amide bonds. The summed E-state index contributed by atoms with van der Waals surface area (Å²) in [6.07, 6.45) is 0. The first-order valence-electron chi connectivity index (χ1n) is 9.76. The molecule has 1 atom stereocenters. The van der Waals surface area contributed by atoms with Crippen LogP contribution in [0.4, 0.5) is 4.39 Å². The Bertz CT molecular complexity index is 562. The maximum atomic E-state index is 12.9. The summed E-state index contributed by atoms with van der Waals surface area (Å²) >= 11 is 0. The van der Waals surface area contributed by atoms with Gasteiger partial charge in [0.2, 0.25) is 0 Å². The molecule has 1 N–H and O–H groups in total. The Labute approximate surface area is 162 Å². The third kappa shape index (κ3) is 8.13. The number of hydrogen-bond donors (Lipinski definition) is 1. The predicted octanol–water partition coefficient (Wildman–Crippen LogP) is 2.07. The summed E-state index contributed by atoms with van der Waals surface area (Å²) in [6, 6.07) is 6.09. The Kier molecular flexibility index (Phi) is 9.35. The molecule has 0 aromatic heterocycles. The van der Waals surface area contributed by atoms with Crippen molar-refractivity contribution < 1.29 is 13.9 Å². The van der Waals surface area contributed by atoms with E-state index in [0.717, 1.165) is 51.9 Å². The second kappa shape index (κ2) is 11.8. The van der Waals surface area contributed by atoms with Gasteiger partial charge in [-0.3, -0.25) is 9.89 Å². The van der Waals surface area contributed by atoms with Gasteiger partial charge in [0.05, 0.1) is 19.8 Å². The molecule has 1 aliphatic heterocycles. The minimum absolute atomic E-state index is 0.257. The molecule has 27 heavy (non-hydrogen) atoms. The van der Waals surface area contributed by atoms with Crippen LogP contribution in [0.5, 0.6) is 5.75 Å². The SMILES string of the molecule is CCNC(=NCC(C)CN1CCOCC1)N(C)CCOc1ccc(F)cc1. The van der Waals surface area contributed by atoms with Crippen molar-refractivity contribution in [2.24, 2.45) is 10.9 Å². The number of ether oxygens (including phenoxy) is 2. The molecule has 2 rings (SSSR count). The lowest BCUT2D eigenvalue weighted by atomic mass is 10.1. The molecule has 1 aliphatic rings. The third-order valence-electron chi connectivity index (χ3n) is 4.43. The second-order valence-electron chi connectivity index (χ2n) is 6.94. The Hall–Kier alpha value is -1.86. The number of nitrogens with zero attached hydrogens (tertiary/aromatic N) is 3. The van der Waals surface area contributed by atoms with Gasteiger partial charge in [-0.1, -0.05) is 6.92 Å². The standard InChI is InChI=1S/C20H33FN4O2/c1-4-22-20(23-15-17(2)16-25-10-12-26-13-11-25)24(3)9-14-27-19-7-5-18(21)6-8-19/h5-8,17H,4,9-16H2,1-3H3,(H,22,23). The Morgan fingerprint density at radius 2 is 2.04 bits per heavy atom. The molecule has 1 aromatic carbocycles. The number of aliphatic imine (C=N–C) groups is 1. The van der Waals surface area contributed by atoms with Crippen LogP contribution < -0.4 is 10.1 Å². The zero-order valence-electron chi connectivity index (χ0n) is 16.8. The third-order valence-corrected chi connectivity index (χ3v) is 4.43. The molecule has 1 fully saturated rings. The number of morpholine rings is 1. The first kappa shape index (κ1) is 21.4. The van der Waals surface area contributed by atoms with Gasteiger partial charge in [0.1, 0.15) is 18.2 Å². The molecule has 0 saturated carbocycles. The fraction of sp³-hybridized carbons (Fsp3) is 0.650. The van der Waals surface area contributed by atoms with E-state index in [1.165, 1.54) is 12.1 Å². The number of benzene rings is 1. The van der Waals surface area contributed by atoms with E-state index in [1.54, 1.807) is 12.1 Å². The Morgan fingerprint density at radius 3 is 2.70 bits per heavy atom. The van der Waals surface area contributed by atoms with Crippen LogP contribution in [0.1, 0.15) is 13.8 Å². The number of hydrogen-bond acceptors (Lipinski definition) is 4. The summed E-state index contributed by atoms with van der Waals surface area (Å²) in [5, 5.41) is 3.33. The summed E-state index contributed by atoms with van der Waals surface area (Å²) in [6.45, 7) is 11.8. The maximum absolute atomic E-state index is 12.9. The summed E-state index contributed by atoms with van der Waals surface area (Å²) in [5.41, 5.74) is 0. The van der Waals surface area contributed by atoms with Crippen molar-refractivity contribution in [2.45, 2.75) is 13.8 Å². The van der Waals surface area contributed by atoms with E-state index < -0.39 is 0 Å². The van der Waals surface area contributed by atoms with Crippen LogP contribution in [0, 0.1) is 11.7 Å². The van der Waals surface area contributed by atoms with Crippen LogP contribution in [-0.2, 0) is 4.74 Å². The summed E-state index contributed by atoms with van der Waals surface area (Å²) in [4.78, 5) is 9.29. The Morgan fingerprint density at radius 1 is 1.33 bits per heavy atom. The number of guanidine groups is 1. The zero-order valence-corrected chi connectivity index (χ0v) is 16.8. The lowest BCUT2D eigenvalue weighted by molar-refractivity contribution is 0.0323. The lowest BCUT2D eigenvalue weighted by Gasteiger charge is -2.29. The average molecular weight is 381 g/mol. The van der Waals surface area contributed by atoms with Crippen molar-refractivity contribution in [3.63, 3.8) is 0 Å². The van der Waals surface area contributed by atoms with Crippen molar-refractivity contribution in [1.29, 1.82) is 0 Å². The number of likely N-dealkylation sites (N-methyl/N-ethyl adjacent to an activating group) is 1. The van der Waals surface area contributed by atoms with Crippen LogP contribution >= 0.6 is 0 Å². The molecule has 0 bridgehead atoms. The predicted molar refractivity (Wildman–Crippen MR) is 107 cm³/mol. The first-order valence-corrected chi connectivity index (χ1v) is 9.76. The molecule has 1 saturated heterocycles. The van der Waals surface area contributed by atoms with Crippen molar-refractivity contribution in [2.75, 3.05) is 66.1 Å². The molecule has 1 aromatic rings. The number of halogens is 1. The first-order chi connectivity index (χ1) is 13.1. The van der Waals surface area contributed by atoms with Gasteiger partial charge in [-0.05, 0) is 37.1 Å². The van der Waals surface area contributed by atoms with Crippen molar-refractivity contribution >= 4 is 5.96 Å². The Balaban J connectivity index is 1.76. The van der Waals surface area contributed by atoms with Crippen LogP contribution in [0.25, 0.3) is 0 Å². The molecule has 0 spiro atoms. The zero-order chi connectivity index (χ0) is 19.5. The normalized spacial score (nSPS) is 16.8. The van der Waals surface area contributed by atoms with E-state index >= 15 is 0 Å². The molecule has 1 heterocycles. The molecule has 152 valence electrons. The van der Waals surface area contributed by atoms with E-state index in [0.29, 0.717) is 24.8 Å². The lowest BCUT2D eigenvalue weighted by Crippen LogP contribution is -2.42. The smallest absolute Gasteiger partial charge is 0.193 e. The number of nitrogens with one attached hydrogen (secondary N) is 1. The van der Waals surface area contributed by atoms with E-state index in [2.05, 4.69) is 29.0 Å². The summed E-state index contributed by atoms with van der Waals surface area (Å²) in [5.74, 6) is 1.78. The van der Waals surface area contributed by atoms with Gasteiger partial charge in [-0.2, -0.15) is 0 Å². The number of rotatable bonds is 9. The van der Waals surface area contributed by atoms with Gasteiger partial charge >= 0.3 is 0 Å². The fourth-order valence-electron chi connectivity index (χ4n) is 2.93. The van der Waals surface area contributed by atoms with Gasteiger partial charge in [-0.25, -0.2) is 4.39 Å². The van der Waals surface area contributed by atoms with Gasteiger partial charge in [0, 0.05) is 39.8 Å². The van der Waals surface area contributed by atoms with Gasteiger partial charge in [0.25, 0.3) is 0 Å². The quantitative estimate of drug-likeness (QED) is 0.525. The minimum atomic E-state index is -0.257. The highest BCUT2D eigenvalue weighted by molar-refractivity contribution is 5.79. The summed E-state index contributed by atoms with van der Waals surface area (Å²) in [7, 11) is 2.00. The van der Waals surface area contributed by atoms with Gasteiger partial charge < -0.3 is 19.7 Å². The van der Waals surface area contributed by atoms with E-state index in [9.17, 15) is 4.39 Å². The molecule has 6 nitrogen and oxygen atoms in total. The topological polar surface area (TPSA) is 49.3 Å². The monoisotopic (exact) mass is 380 g/mol. The van der Waals surface area contributed by atoms with Crippen molar-refractivity contribution in [3.05, 3.63) is 30.1 Å². The van der Waals surface area contributed by atoms with Crippen LogP contribution in [-0.4, -0.2) is 81.9 Å². The highest BCUT2D eigenvalue weighted by Gasteiger charge is 2.14. The second-order valence-corrected chi connectivity index (χ2v) is 6.94. The van der Waals surface area contributed by atoms with Crippen molar-refractivity contribution in [3.8, 4) is 5.75 Å². The minimum Gasteiger partial charge on any atom is -0.492 e. The highest BCUT2D eigenvalue weighted by Crippen LogP contribution is 2.11. The molecule has 0 aliphatic carbocycles. The van der Waals surface area contributed by atoms with Crippen LogP contribution in [0.3, 0.4) is 0 Å². The largest absolute Gasteiger partial charge is 0.492 e. The van der Waals surface area contributed by atoms with E-state index in [1.807, 2.05) is 7.05 Å². The molecular formula is C20H33FN4O2. The van der Waals surface area contributed by atoms with Crippen molar-refractivity contribution in [1.82, 2.24) is 15.1 Å². The van der Waals surface area contributed by atoms with Crippen LogP contribution in [0.15, 0.2) is 29.3 Å². The van der Waals surface area contributed by atoms with Crippen LogP contribution in [0.2, 0.25) is 0 Å². The molecule has 1 unspecified atom stereocenters. The van der Waals surface area contributed by atoms with E-state index in [-0.39, 0.29) is 5.82 Å². The van der Waals surface area contributed by atoms with Gasteiger partial charge in [0.15, 0.2) is 5.96 Å². The maximum Gasteiger partial charge on any atom is 0.193 e. The fourth-order valence-corrected chi connectivity index (χ4v) is 2.93.